The lowest BCUT2D eigenvalue weighted by atomic mass is 9.75. The molecule has 2 aromatic heterocycles. The molecular formula is C51H46ClFN6O7. The molecule has 5 aliphatic carbocycles. The van der Waals surface area contributed by atoms with Crippen molar-refractivity contribution in [1.29, 1.82) is 0 Å². The van der Waals surface area contributed by atoms with Crippen molar-refractivity contribution in [3.63, 3.8) is 0 Å². The monoisotopic (exact) mass is 908 g/mol. The number of nitrogens with zero attached hydrogens (tertiary/aromatic N) is 6. The van der Waals surface area contributed by atoms with Gasteiger partial charge in [0.05, 0.1) is 18.7 Å². The van der Waals surface area contributed by atoms with E-state index in [-0.39, 0.29) is 62.0 Å². The first-order valence-electron chi connectivity index (χ1n) is 22.5. The van der Waals surface area contributed by atoms with Gasteiger partial charge >= 0.3 is 0 Å². The molecule has 336 valence electrons. The topological polar surface area (TPSA) is 130 Å². The predicted octanol–water partition coefficient (Wildman–Crippen LogP) is 5.91. The Hall–Kier alpha value is -6.64. The van der Waals surface area contributed by atoms with Gasteiger partial charge in [0.25, 0.3) is 11.8 Å². The van der Waals surface area contributed by atoms with Gasteiger partial charge in [-0.05, 0) is 71.0 Å². The van der Waals surface area contributed by atoms with Gasteiger partial charge in [0, 0.05) is 55.0 Å². The number of aromatic hydroxyl groups is 1. The third-order valence-electron chi connectivity index (χ3n) is 15.5. The van der Waals surface area contributed by atoms with Crippen molar-refractivity contribution in [2.45, 2.75) is 42.9 Å². The highest BCUT2D eigenvalue weighted by molar-refractivity contribution is 6.31. The third kappa shape index (κ3) is 5.30. The zero-order chi connectivity index (χ0) is 45.2. The van der Waals surface area contributed by atoms with Crippen LogP contribution in [0.1, 0.15) is 73.3 Å². The van der Waals surface area contributed by atoms with Gasteiger partial charge in [-0.2, -0.15) is 0 Å². The number of pyridine rings is 2. The molecule has 2 amide bonds. The number of aromatic nitrogens is 2. The Morgan fingerprint density at radius 2 is 1.50 bits per heavy atom. The number of hydrogen-bond donors (Lipinski definition) is 1. The predicted molar refractivity (Wildman–Crippen MR) is 244 cm³/mol. The average molecular weight is 909 g/mol. The second-order valence-corrected chi connectivity index (χ2v) is 18.7. The van der Waals surface area contributed by atoms with Gasteiger partial charge in [0.15, 0.2) is 22.9 Å². The van der Waals surface area contributed by atoms with Crippen LogP contribution in [0.2, 0.25) is 5.02 Å². The number of allylic oxidation sites excluding steroid dienone is 3. The standard InChI is InChI=1S/C51H46ClFN6O7/c1-65-24-23-55-29-59(56-20-17-41(60)45(62)43(56)48(55)63)51-36-13-6-3-10-31(36)26-39(51)46(33-11-4-7-14-37(33)51)66-47-42(61)18-21-57-44(47)49(64)54(22-19-53)28-58(57)50-32(25-30-9-2-5-12-35(30)50)27-34-38(50)15-8-16-40(34)52/h2-11,13-18,20-21,32,35,39,46,62H,12,19,22-29H2,1H3. The number of carbonyl (C=O) groups excluding carboxylic acids is 2. The van der Waals surface area contributed by atoms with Crippen LogP contribution >= 0.6 is 11.6 Å². The summed E-state index contributed by atoms with van der Waals surface area (Å²) in [5.41, 5.74) is 3.83. The Kier molecular flexibility index (Phi) is 9.25. The molecule has 6 atom stereocenters. The summed E-state index contributed by atoms with van der Waals surface area (Å²) in [7, 11) is 1.54. The Labute approximate surface area is 384 Å². The second-order valence-electron chi connectivity index (χ2n) is 18.3. The summed E-state index contributed by atoms with van der Waals surface area (Å²) in [6.07, 6.45) is 11.6. The minimum Gasteiger partial charge on any atom is -0.502 e. The first-order chi connectivity index (χ1) is 32.1. The quantitative estimate of drug-likeness (QED) is 0.192. The van der Waals surface area contributed by atoms with Gasteiger partial charge < -0.3 is 24.4 Å². The van der Waals surface area contributed by atoms with Gasteiger partial charge in [0.1, 0.15) is 31.7 Å². The zero-order valence-corrected chi connectivity index (χ0v) is 36.9. The molecule has 6 unspecified atom stereocenters. The molecule has 0 radical (unpaired) electrons. The molecule has 5 aromatic rings. The molecule has 0 spiro atoms. The first-order valence-corrected chi connectivity index (χ1v) is 22.9. The molecule has 1 saturated carbocycles. The Morgan fingerprint density at radius 3 is 2.32 bits per heavy atom. The summed E-state index contributed by atoms with van der Waals surface area (Å²) in [5, 5.41) is 16.2. The van der Waals surface area contributed by atoms with Crippen molar-refractivity contribution < 1.29 is 28.6 Å². The van der Waals surface area contributed by atoms with E-state index in [1.165, 1.54) is 28.8 Å². The molecule has 1 N–H and O–H groups in total. The highest BCUT2D eigenvalue weighted by atomic mass is 35.5. The van der Waals surface area contributed by atoms with Crippen molar-refractivity contribution >= 4 is 23.4 Å². The Morgan fingerprint density at radius 1 is 0.788 bits per heavy atom. The van der Waals surface area contributed by atoms with Crippen molar-refractivity contribution in [2.24, 2.45) is 17.8 Å². The van der Waals surface area contributed by atoms with E-state index in [0.717, 1.165) is 52.6 Å². The van der Waals surface area contributed by atoms with Crippen LogP contribution in [0.25, 0.3) is 0 Å². The van der Waals surface area contributed by atoms with Crippen LogP contribution < -0.4 is 25.6 Å². The number of carbonyl (C=O) groups is 2. The third-order valence-corrected chi connectivity index (χ3v) is 15.9. The molecule has 2 aliphatic heterocycles. The molecule has 66 heavy (non-hydrogen) atoms. The molecule has 13 nitrogen and oxygen atoms in total. The molecule has 7 aliphatic rings. The fourth-order valence-electron chi connectivity index (χ4n) is 13.0. The Balaban J connectivity index is 1.05. The van der Waals surface area contributed by atoms with E-state index in [0.29, 0.717) is 11.4 Å². The lowest BCUT2D eigenvalue weighted by Gasteiger charge is -2.53. The minimum absolute atomic E-state index is 0.0148. The second kappa shape index (κ2) is 14.9. The summed E-state index contributed by atoms with van der Waals surface area (Å²) >= 11 is 6.98. The van der Waals surface area contributed by atoms with Crippen LogP contribution in [0.4, 0.5) is 4.39 Å². The van der Waals surface area contributed by atoms with Gasteiger partial charge in [-0.25, -0.2) is 4.39 Å². The number of alkyl halides is 1. The number of rotatable bonds is 9. The van der Waals surface area contributed by atoms with Crippen LogP contribution in [-0.4, -0.2) is 82.9 Å². The van der Waals surface area contributed by atoms with Crippen molar-refractivity contribution in [1.82, 2.24) is 19.2 Å². The molecule has 1 fully saturated rings. The van der Waals surface area contributed by atoms with Crippen LogP contribution in [-0.2, 0) is 28.7 Å². The van der Waals surface area contributed by atoms with Crippen LogP contribution in [0.15, 0.2) is 125 Å². The summed E-state index contributed by atoms with van der Waals surface area (Å²) in [6, 6.07) is 24.6. The molecule has 15 heteroatoms. The molecule has 3 aromatic carbocycles. The molecule has 4 heterocycles. The highest BCUT2D eigenvalue weighted by Gasteiger charge is 2.65. The van der Waals surface area contributed by atoms with Crippen LogP contribution in [0, 0.1) is 17.8 Å². The minimum atomic E-state index is -1.10. The van der Waals surface area contributed by atoms with E-state index in [2.05, 4.69) is 35.4 Å². The number of amides is 2. The van der Waals surface area contributed by atoms with Crippen LogP contribution in [0.5, 0.6) is 11.5 Å². The normalized spacial score (nSPS) is 26.3. The fourth-order valence-corrected chi connectivity index (χ4v) is 13.3. The fraction of sp³-hybridized carbons (Fsp3) is 0.333. The van der Waals surface area contributed by atoms with Crippen LogP contribution in [0.3, 0.4) is 0 Å². The molecule has 0 saturated heterocycles. The van der Waals surface area contributed by atoms with Crippen molar-refractivity contribution in [3.05, 3.63) is 185 Å². The van der Waals surface area contributed by atoms with E-state index in [1.54, 1.807) is 27.6 Å². The van der Waals surface area contributed by atoms with E-state index in [4.69, 9.17) is 21.1 Å². The number of methoxy groups -OCH3 is 1. The molecular weight excluding hydrogens is 863 g/mol. The van der Waals surface area contributed by atoms with E-state index in [9.17, 15) is 23.9 Å². The number of benzene rings is 3. The summed E-state index contributed by atoms with van der Waals surface area (Å²) in [4.78, 5) is 59.9. The van der Waals surface area contributed by atoms with Crippen molar-refractivity contribution in [3.8, 4) is 11.5 Å². The summed E-state index contributed by atoms with van der Waals surface area (Å²) < 4.78 is 30.7. The van der Waals surface area contributed by atoms with Gasteiger partial charge in [0.2, 0.25) is 10.9 Å². The van der Waals surface area contributed by atoms with Gasteiger partial charge in [-0.3, -0.25) is 38.5 Å². The maximum absolute atomic E-state index is 15.0. The average Bonchev–Trinajstić information content (AvgIpc) is 4.03. The van der Waals surface area contributed by atoms with E-state index >= 15 is 4.79 Å². The summed E-state index contributed by atoms with van der Waals surface area (Å²) in [5.74, 6) is -2.26. The number of fused-ring (bicyclic) bond motifs is 12. The van der Waals surface area contributed by atoms with Gasteiger partial charge in [-0.15, -0.1) is 0 Å². The lowest BCUT2D eigenvalue weighted by Crippen LogP contribution is -2.65. The maximum atomic E-state index is 15.0. The van der Waals surface area contributed by atoms with Crippen molar-refractivity contribution in [2.75, 3.05) is 56.8 Å². The van der Waals surface area contributed by atoms with E-state index in [1.807, 2.05) is 59.6 Å². The Bertz CT molecular complexity index is 3100. The first kappa shape index (κ1) is 40.8. The van der Waals surface area contributed by atoms with Gasteiger partial charge in [-0.1, -0.05) is 96.1 Å². The lowest BCUT2D eigenvalue weighted by molar-refractivity contribution is 0.0516. The van der Waals surface area contributed by atoms with E-state index < -0.39 is 58.2 Å². The molecule has 0 bridgehead atoms. The number of halogens is 2. The SMILES string of the molecule is COCCN1CN(C23c4ccccc4CC2C(Oc2c4n(ccc2=O)N(C25c6cccc(Cl)c6CC2CC2=CC=CCC25)CN(CCF)C4=O)c2ccccc23)n2ccc(=O)c(O)c2C1=O. The highest BCUT2D eigenvalue weighted by Crippen LogP contribution is 2.64. The largest absolute Gasteiger partial charge is 0.502 e. The number of ether oxygens (including phenoxy) is 2. The number of hydrogen-bond acceptors (Lipinski definition) is 9. The maximum Gasteiger partial charge on any atom is 0.277 e. The summed E-state index contributed by atoms with van der Waals surface area (Å²) in [6.45, 7) is -0.487. The molecule has 12 rings (SSSR count). The smallest absolute Gasteiger partial charge is 0.277 e. The zero-order valence-electron chi connectivity index (χ0n) is 36.1.